The third kappa shape index (κ3) is 5.00. The van der Waals surface area contributed by atoms with Gasteiger partial charge in [0.15, 0.2) is 0 Å². The number of amides is 2. The van der Waals surface area contributed by atoms with Crippen LogP contribution in [0.1, 0.15) is 22.7 Å². The Morgan fingerprint density at radius 2 is 1.88 bits per heavy atom. The molecule has 0 fully saturated rings. The number of rotatable bonds is 8. The maximum Gasteiger partial charge on any atom is 0.251 e. The zero-order valence-corrected chi connectivity index (χ0v) is 14.8. The SMILES string of the molecule is O=C(CCc1nc(-c2ccsc2)no1)NCCNC(=O)c1ccccc1. The molecule has 26 heavy (non-hydrogen) atoms. The molecule has 3 rings (SSSR count). The van der Waals surface area contributed by atoms with Gasteiger partial charge < -0.3 is 15.2 Å². The number of benzene rings is 1. The fourth-order valence-corrected chi connectivity index (χ4v) is 2.88. The Balaban J connectivity index is 1.34. The van der Waals surface area contributed by atoms with Crippen LogP contribution in [0.15, 0.2) is 51.7 Å². The first-order valence-electron chi connectivity index (χ1n) is 8.17. The number of aryl methyl sites for hydroxylation is 1. The molecule has 3 aromatic rings. The van der Waals surface area contributed by atoms with E-state index in [0.29, 0.717) is 36.8 Å². The summed E-state index contributed by atoms with van der Waals surface area (Å²) in [6.45, 7) is 0.726. The van der Waals surface area contributed by atoms with Crippen LogP contribution < -0.4 is 10.6 Å². The molecule has 0 bridgehead atoms. The number of carbonyl (C=O) groups excluding carboxylic acids is 2. The molecule has 0 saturated carbocycles. The van der Waals surface area contributed by atoms with Crippen LogP contribution in [0, 0.1) is 0 Å². The Bertz CT molecular complexity index is 846. The lowest BCUT2D eigenvalue weighted by Gasteiger charge is -2.06. The highest BCUT2D eigenvalue weighted by atomic mass is 32.1. The Labute approximate surface area is 154 Å². The minimum absolute atomic E-state index is 0.130. The maximum absolute atomic E-state index is 11.9. The van der Waals surface area contributed by atoms with E-state index in [1.165, 1.54) is 0 Å². The highest BCUT2D eigenvalue weighted by molar-refractivity contribution is 7.08. The fourth-order valence-electron chi connectivity index (χ4n) is 2.24. The molecule has 7 nitrogen and oxygen atoms in total. The molecule has 0 spiro atoms. The zero-order valence-electron chi connectivity index (χ0n) is 14.0. The van der Waals surface area contributed by atoms with Crippen molar-refractivity contribution < 1.29 is 14.1 Å². The molecule has 0 aliphatic carbocycles. The van der Waals surface area contributed by atoms with Crippen molar-refractivity contribution in [1.29, 1.82) is 0 Å². The quantitative estimate of drug-likeness (QED) is 0.593. The third-order valence-corrected chi connectivity index (χ3v) is 4.27. The van der Waals surface area contributed by atoms with E-state index in [9.17, 15) is 9.59 Å². The van der Waals surface area contributed by atoms with Crippen LogP contribution >= 0.6 is 11.3 Å². The number of carbonyl (C=O) groups is 2. The van der Waals surface area contributed by atoms with Gasteiger partial charge in [0.2, 0.25) is 17.6 Å². The molecule has 2 N–H and O–H groups in total. The second-order valence-corrected chi connectivity index (χ2v) is 6.28. The number of hydrogen-bond donors (Lipinski definition) is 2. The van der Waals surface area contributed by atoms with Gasteiger partial charge in [-0.15, -0.1) is 0 Å². The standard InChI is InChI=1S/C18H18N4O3S/c23-15(19-9-10-20-18(24)13-4-2-1-3-5-13)6-7-16-21-17(22-25-16)14-8-11-26-12-14/h1-5,8,11-12H,6-7,9-10H2,(H,19,23)(H,20,24). The summed E-state index contributed by atoms with van der Waals surface area (Å²) in [4.78, 5) is 28.0. The Hall–Kier alpha value is -3.00. The minimum Gasteiger partial charge on any atom is -0.354 e. The normalized spacial score (nSPS) is 10.5. The van der Waals surface area contributed by atoms with Crippen molar-refractivity contribution in [1.82, 2.24) is 20.8 Å². The van der Waals surface area contributed by atoms with Crippen LogP contribution in [0.2, 0.25) is 0 Å². The van der Waals surface area contributed by atoms with Crippen LogP contribution in [-0.4, -0.2) is 35.0 Å². The molecule has 2 aromatic heterocycles. The Morgan fingerprint density at radius 3 is 2.65 bits per heavy atom. The molecule has 0 radical (unpaired) electrons. The summed E-state index contributed by atoms with van der Waals surface area (Å²) in [6.07, 6.45) is 0.622. The smallest absolute Gasteiger partial charge is 0.251 e. The van der Waals surface area contributed by atoms with Crippen LogP contribution in [0.4, 0.5) is 0 Å². The Kier molecular flexibility index (Phi) is 6.10. The summed E-state index contributed by atoms with van der Waals surface area (Å²) in [6, 6.07) is 10.8. The van der Waals surface area contributed by atoms with Gasteiger partial charge >= 0.3 is 0 Å². The lowest BCUT2D eigenvalue weighted by Crippen LogP contribution is -2.34. The molecule has 2 amide bonds. The van der Waals surface area contributed by atoms with Crippen LogP contribution in [-0.2, 0) is 11.2 Å². The van der Waals surface area contributed by atoms with Gasteiger partial charge in [0.05, 0.1) is 0 Å². The largest absolute Gasteiger partial charge is 0.354 e. The summed E-state index contributed by atoms with van der Waals surface area (Å²) >= 11 is 1.56. The maximum atomic E-state index is 11.9. The highest BCUT2D eigenvalue weighted by Gasteiger charge is 2.11. The van der Waals surface area contributed by atoms with Crippen LogP contribution in [0.3, 0.4) is 0 Å². The van der Waals surface area contributed by atoms with Gasteiger partial charge in [0.1, 0.15) is 0 Å². The molecule has 0 unspecified atom stereocenters. The summed E-state index contributed by atoms with van der Waals surface area (Å²) in [7, 11) is 0. The lowest BCUT2D eigenvalue weighted by atomic mass is 10.2. The zero-order chi connectivity index (χ0) is 18.2. The van der Waals surface area contributed by atoms with E-state index >= 15 is 0 Å². The summed E-state index contributed by atoms with van der Waals surface area (Å²) in [5, 5.41) is 13.3. The number of thiophene rings is 1. The molecule has 1 aromatic carbocycles. The lowest BCUT2D eigenvalue weighted by molar-refractivity contribution is -0.121. The van der Waals surface area contributed by atoms with Crippen molar-refractivity contribution in [2.45, 2.75) is 12.8 Å². The molecular weight excluding hydrogens is 352 g/mol. The predicted molar refractivity (Wildman–Crippen MR) is 97.7 cm³/mol. The summed E-state index contributed by atoms with van der Waals surface area (Å²) in [5.74, 6) is 0.671. The van der Waals surface area contributed by atoms with E-state index in [2.05, 4.69) is 20.8 Å². The van der Waals surface area contributed by atoms with E-state index < -0.39 is 0 Å². The second-order valence-electron chi connectivity index (χ2n) is 5.50. The Morgan fingerprint density at radius 1 is 1.08 bits per heavy atom. The van der Waals surface area contributed by atoms with Gasteiger partial charge in [0, 0.05) is 42.4 Å². The number of hydrogen-bond acceptors (Lipinski definition) is 6. The van der Waals surface area contributed by atoms with Gasteiger partial charge in [0.25, 0.3) is 5.91 Å². The molecule has 134 valence electrons. The number of aromatic nitrogens is 2. The molecule has 0 aliphatic heterocycles. The van der Waals surface area contributed by atoms with E-state index in [0.717, 1.165) is 5.56 Å². The second kappa shape index (κ2) is 8.91. The molecule has 0 aliphatic rings. The topological polar surface area (TPSA) is 97.1 Å². The molecule has 0 saturated heterocycles. The van der Waals surface area contributed by atoms with Crippen molar-refractivity contribution in [2.24, 2.45) is 0 Å². The number of nitrogens with one attached hydrogen (secondary N) is 2. The van der Waals surface area contributed by atoms with Crippen molar-refractivity contribution >= 4 is 23.2 Å². The van der Waals surface area contributed by atoms with E-state index in [-0.39, 0.29) is 18.2 Å². The summed E-state index contributed by atoms with van der Waals surface area (Å²) in [5.41, 5.74) is 1.50. The third-order valence-electron chi connectivity index (χ3n) is 3.58. The first-order chi connectivity index (χ1) is 12.7. The fraction of sp³-hybridized carbons (Fsp3) is 0.222. The first kappa shape index (κ1) is 17.8. The average molecular weight is 370 g/mol. The van der Waals surface area contributed by atoms with E-state index in [1.807, 2.05) is 22.9 Å². The van der Waals surface area contributed by atoms with Gasteiger partial charge in [-0.05, 0) is 23.6 Å². The van der Waals surface area contributed by atoms with E-state index in [4.69, 9.17) is 4.52 Å². The molecular formula is C18H18N4O3S. The first-order valence-corrected chi connectivity index (χ1v) is 9.12. The summed E-state index contributed by atoms with van der Waals surface area (Å²) < 4.78 is 5.15. The van der Waals surface area contributed by atoms with Crippen molar-refractivity contribution in [3.63, 3.8) is 0 Å². The van der Waals surface area contributed by atoms with Crippen LogP contribution in [0.25, 0.3) is 11.4 Å². The molecule has 0 atom stereocenters. The highest BCUT2D eigenvalue weighted by Crippen LogP contribution is 2.18. The minimum atomic E-state index is -0.160. The average Bonchev–Trinajstić information content (AvgIpc) is 3.35. The molecule has 2 heterocycles. The van der Waals surface area contributed by atoms with Crippen LogP contribution in [0.5, 0.6) is 0 Å². The van der Waals surface area contributed by atoms with Crippen molar-refractivity contribution in [2.75, 3.05) is 13.1 Å². The van der Waals surface area contributed by atoms with Gasteiger partial charge in [-0.1, -0.05) is 23.4 Å². The van der Waals surface area contributed by atoms with Gasteiger partial charge in [-0.3, -0.25) is 9.59 Å². The van der Waals surface area contributed by atoms with Gasteiger partial charge in [-0.25, -0.2) is 0 Å². The molecule has 8 heteroatoms. The van der Waals surface area contributed by atoms with Crippen molar-refractivity contribution in [3.8, 4) is 11.4 Å². The van der Waals surface area contributed by atoms with Crippen molar-refractivity contribution in [3.05, 3.63) is 58.6 Å². The van der Waals surface area contributed by atoms with E-state index in [1.54, 1.807) is 35.6 Å². The monoisotopic (exact) mass is 370 g/mol. The predicted octanol–water partition coefficient (Wildman–Crippen LogP) is 2.28. The van der Waals surface area contributed by atoms with Gasteiger partial charge in [-0.2, -0.15) is 16.3 Å². The number of nitrogens with zero attached hydrogens (tertiary/aromatic N) is 2.